The number of halogens is 2. The standard InChI is InChI=1S/C54H76Cl2O18/c1-11-31-24-27(4)35(58)20-16-15-19-33(25-68-53-47(67-10)42(61)45(30(7)69-53)71-51(66)37-34(12-2)38(55)41(60)39(56)40(37)59)50(65)70-36(29(6)57)22-21-26(3)23-28(5)44(31)73-52-43(62)46(48(63)54(8,9)74-52)72-49(64)32-17-13-14-18-32/h15-16,19,21,23-24,29-32,35-36,42-48,52-53,57-63H,11-14,17-18,20,22,25H2,1-10H3/b16-15+,26-21+,27-24+,28-23+,33-19+/t29-,30-,31+,35+,36+,42+,43+,44+,45-,46-,47+,48+,52-,53-/m1/s1. The monoisotopic (exact) mass is 1080 g/mol. The van der Waals surface area contributed by atoms with Crippen molar-refractivity contribution >= 4 is 41.1 Å². The van der Waals surface area contributed by atoms with E-state index in [0.29, 0.717) is 36.0 Å². The summed E-state index contributed by atoms with van der Waals surface area (Å²) in [6.45, 7) is 14.8. The second-order valence-corrected chi connectivity index (χ2v) is 20.9. The average molecular weight is 1080 g/mol. The Morgan fingerprint density at radius 1 is 0.905 bits per heavy atom. The summed E-state index contributed by atoms with van der Waals surface area (Å²) in [5, 5.41) is 77.0. The maximum absolute atomic E-state index is 14.0. The molecular weight excluding hydrogens is 1010 g/mol. The predicted molar refractivity (Wildman–Crippen MR) is 272 cm³/mol. The van der Waals surface area contributed by atoms with Crippen molar-refractivity contribution in [2.45, 2.75) is 199 Å². The molecule has 1 aromatic rings. The first-order valence-electron chi connectivity index (χ1n) is 25.3. The number of benzene rings is 1. The van der Waals surface area contributed by atoms with Gasteiger partial charge in [-0.25, -0.2) is 9.59 Å². The molecule has 0 aromatic heterocycles. The van der Waals surface area contributed by atoms with E-state index < -0.39 is 138 Å². The van der Waals surface area contributed by atoms with Crippen LogP contribution >= 0.6 is 23.2 Å². The fourth-order valence-electron chi connectivity index (χ4n) is 9.64. The largest absolute Gasteiger partial charge is 0.505 e. The fourth-order valence-corrected chi connectivity index (χ4v) is 10.2. The summed E-state index contributed by atoms with van der Waals surface area (Å²) in [6.07, 6.45) is -2.10. The van der Waals surface area contributed by atoms with Crippen molar-refractivity contribution in [2.75, 3.05) is 13.7 Å². The van der Waals surface area contributed by atoms with Gasteiger partial charge < -0.3 is 73.6 Å². The molecule has 18 nitrogen and oxygen atoms in total. The van der Waals surface area contributed by atoms with Crippen LogP contribution in [0.2, 0.25) is 10.0 Å². The normalized spacial score (nSPS) is 35.5. The van der Waals surface area contributed by atoms with Crippen molar-refractivity contribution in [1.82, 2.24) is 0 Å². The summed E-state index contributed by atoms with van der Waals surface area (Å²) in [5.41, 5.74) is 0.334. The molecule has 1 saturated carbocycles. The van der Waals surface area contributed by atoms with Gasteiger partial charge in [-0.05, 0) is 103 Å². The lowest BCUT2D eigenvalue weighted by Gasteiger charge is -2.47. The average Bonchev–Trinajstić information content (AvgIpc) is 3.90. The maximum Gasteiger partial charge on any atom is 0.342 e. The van der Waals surface area contributed by atoms with Crippen LogP contribution in [0.4, 0.5) is 0 Å². The fraction of sp³-hybridized carbons (Fsp3) is 0.648. The number of hydrogen-bond acceptors (Lipinski definition) is 18. The van der Waals surface area contributed by atoms with Gasteiger partial charge in [-0.2, -0.15) is 0 Å². The summed E-state index contributed by atoms with van der Waals surface area (Å²) < 4.78 is 47.9. The molecule has 3 aliphatic heterocycles. The molecule has 1 aromatic carbocycles. The Kier molecular flexibility index (Phi) is 22.2. The minimum absolute atomic E-state index is 0.0339. The summed E-state index contributed by atoms with van der Waals surface area (Å²) in [4.78, 5) is 40.7. The van der Waals surface area contributed by atoms with Gasteiger partial charge >= 0.3 is 17.9 Å². The van der Waals surface area contributed by atoms with Crippen molar-refractivity contribution < 1.29 is 88.0 Å². The van der Waals surface area contributed by atoms with E-state index in [1.165, 1.54) is 33.1 Å². The molecule has 4 aliphatic rings. The quantitative estimate of drug-likeness (QED) is 0.0610. The smallest absolute Gasteiger partial charge is 0.342 e. The van der Waals surface area contributed by atoms with Crippen LogP contribution in [-0.4, -0.2) is 153 Å². The minimum atomic E-state index is -1.57. The second kappa shape index (κ2) is 26.9. The Balaban J connectivity index is 1.38. The number of phenols is 2. The number of rotatable bonds is 13. The van der Waals surface area contributed by atoms with Crippen LogP contribution in [0.5, 0.6) is 11.5 Å². The Hall–Kier alpha value is -3.89. The van der Waals surface area contributed by atoms with E-state index in [2.05, 4.69) is 0 Å². The van der Waals surface area contributed by atoms with Gasteiger partial charge in [0.15, 0.2) is 36.3 Å². The van der Waals surface area contributed by atoms with Crippen LogP contribution in [0.1, 0.15) is 123 Å². The third-order valence-electron chi connectivity index (χ3n) is 14.2. The number of allylic oxidation sites excluding steroid dienone is 4. The molecule has 1 aliphatic carbocycles. The number of methoxy groups -OCH3 is 1. The zero-order valence-corrected chi connectivity index (χ0v) is 45.4. The number of hydrogen-bond donors (Lipinski definition) is 7. The van der Waals surface area contributed by atoms with Crippen LogP contribution in [-0.2, 0) is 53.9 Å². The minimum Gasteiger partial charge on any atom is -0.505 e. The summed E-state index contributed by atoms with van der Waals surface area (Å²) in [7, 11) is 1.27. The van der Waals surface area contributed by atoms with Crippen LogP contribution in [0, 0.1) is 11.8 Å². The lowest BCUT2D eigenvalue weighted by atomic mass is 9.88. The molecule has 5 rings (SSSR count). The Morgan fingerprint density at radius 3 is 2.20 bits per heavy atom. The number of aromatic hydroxyl groups is 2. The number of carbonyl (C=O) groups excluding carboxylic acids is 3. The Bertz CT molecular complexity index is 2280. The summed E-state index contributed by atoms with van der Waals surface area (Å²) in [6, 6.07) is 0. The van der Waals surface area contributed by atoms with Crippen LogP contribution < -0.4 is 0 Å². The molecule has 414 valence electrons. The highest BCUT2D eigenvalue weighted by atomic mass is 35.5. The van der Waals surface area contributed by atoms with E-state index in [4.69, 9.17) is 61.1 Å². The molecule has 0 amide bonds. The molecule has 0 radical (unpaired) electrons. The van der Waals surface area contributed by atoms with Gasteiger partial charge in [-0.1, -0.05) is 85.8 Å². The van der Waals surface area contributed by atoms with Crippen LogP contribution in [0.15, 0.2) is 58.7 Å². The molecular formula is C54H76Cl2O18. The first-order chi connectivity index (χ1) is 34.9. The molecule has 0 spiro atoms. The van der Waals surface area contributed by atoms with Gasteiger partial charge in [0, 0.05) is 19.4 Å². The molecule has 0 unspecified atom stereocenters. The molecule has 20 heteroatoms. The van der Waals surface area contributed by atoms with Gasteiger partial charge in [0.25, 0.3) is 0 Å². The summed E-state index contributed by atoms with van der Waals surface area (Å²) in [5.74, 6) is -4.52. The van der Waals surface area contributed by atoms with Crippen LogP contribution in [0.3, 0.4) is 0 Å². The Labute approximate surface area is 443 Å². The van der Waals surface area contributed by atoms with E-state index in [1.807, 2.05) is 32.9 Å². The van der Waals surface area contributed by atoms with Gasteiger partial charge in [-0.3, -0.25) is 4.79 Å². The molecule has 3 fully saturated rings. The Morgan fingerprint density at radius 2 is 1.58 bits per heavy atom. The first kappa shape index (κ1) is 61.0. The molecule has 0 bridgehead atoms. The molecule has 14 atom stereocenters. The topological polar surface area (TPSA) is 267 Å². The number of cyclic esters (lactones) is 1. The maximum atomic E-state index is 14.0. The van der Waals surface area contributed by atoms with Gasteiger partial charge in [0.2, 0.25) is 0 Å². The van der Waals surface area contributed by atoms with E-state index in [9.17, 15) is 50.1 Å². The van der Waals surface area contributed by atoms with E-state index in [1.54, 1.807) is 39.8 Å². The van der Waals surface area contributed by atoms with Crippen molar-refractivity contribution in [3.63, 3.8) is 0 Å². The van der Waals surface area contributed by atoms with Crippen LogP contribution in [0.25, 0.3) is 0 Å². The van der Waals surface area contributed by atoms with Gasteiger partial charge in [-0.15, -0.1) is 0 Å². The lowest BCUT2D eigenvalue weighted by Crippen LogP contribution is -2.64. The van der Waals surface area contributed by atoms with E-state index >= 15 is 0 Å². The molecule has 7 N–H and O–H groups in total. The highest BCUT2D eigenvalue weighted by molar-refractivity contribution is 6.39. The molecule has 3 heterocycles. The highest BCUT2D eigenvalue weighted by Crippen LogP contribution is 2.45. The zero-order chi connectivity index (χ0) is 54.9. The van der Waals surface area contributed by atoms with Gasteiger partial charge in [0.1, 0.15) is 41.1 Å². The lowest BCUT2D eigenvalue weighted by molar-refractivity contribution is -0.333. The number of aliphatic hydroxyl groups is 5. The zero-order valence-electron chi connectivity index (χ0n) is 43.9. The number of aliphatic hydroxyl groups excluding tert-OH is 5. The number of phenolic OH excluding ortho intramolecular Hbond substituents is 2. The van der Waals surface area contributed by atoms with E-state index in [0.717, 1.165) is 12.8 Å². The number of carbonyl (C=O) groups is 3. The van der Waals surface area contributed by atoms with Crippen molar-refractivity contribution in [3.8, 4) is 11.5 Å². The molecule has 74 heavy (non-hydrogen) atoms. The van der Waals surface area contributed by atoms with Crippen molar-refractivity contribution in [1.29, 1.82) is 0 Å². The van der Waals surface area contributed by atoms with E-state index in [-0.39, 0.29) is 41.3 Å². The molecule has 2 saturated heterocycles. The first-order valence-corrected chi connectivity index (χ1v) is 26.1. The number of ether oxygens (including phenoxy) is 8. The number of esters is 3. The SMILES string of the molecule is CCc1c(Cl)c(O)c(Cl)c(O)c1C(=O)O[C@H]1[C@H](O)[C@H](OC)[C@H](OC/C2=C\C=C\C[C@H](O)/C(C)=C/[C@H](CC)[C@@H](O[C@@H]3OC(C)(C)[C@@H](O)[C@H](OC(=O)C4CCCC4)[C@@H]3O)/C(C)=C/C(C)=C/C[C@@H]([C@@H](C)O)OC2=O)O[C@@H]1C. The third kappa shape index (κ3) is 14.6. The highest BCUT2D eigenvalue weighted by Gasteiger charge is 2.53. The van der Waals surface area contributed by atoms with Crippen molar-refractivity contribution in [3.05, 3.63) is 79.9 Å². The van der Waals surface area contributed by atoms with Crippen molar-refractivity contribution in [2.24, 2.45) is 11.8 Å². The predicted octanol–water partition coefficient (Wildman–Crippen LogP) is 6.77. The van der Waals surface area contributed by atoms with Gasteiger partial charge in [0.05, 0.1) is 53.1 Å². The second-order valence-electron chi connectivity index (χ2n) is 20.2. The third-order valence-corrected chi connectivity index (χ3v) is 15.0. The summed E-state index contributed by atoms with van der Waals surface area (Å²) >= 11 is 12.3.